The van der Waals surface area contributed by atoms with Gasteiger partial charge in [0.05, 0.1) is 17.3 Å². The van der Waals surface area contributed by atoms with Gasteiger partial charge in [0.1, 0.15) is 0 Å². The molecule has 0 aliphatic heterocycles. The van der Waals surface area contributed by atoms with Crippen molar-refractivity contribution < 1.29 is 9.59 Å². The predicted molar refractivity (Wildman–Crippen MR) is 94.3 cm³/mol. The largest absolute Gasteiger partial charge is 0.375 e. The van der Waals surface area contributed by atoms with Crippen molar-refractivity contribution in [1.29, 1.82) is 0 Å². The molecule has 0 saturated heterocycles. The zero-order chi connectivity index (χ0) is 16.8. The SMILES string of the molecule is CC(=O)Nc1ccc(NC(=O)CNc2cc(Cl)ccc2Cl)cc1. The molecule has 0 aliphatic rings. The number of nitrogens with one attached hydrogen (secondary N) is 3. The Morgan fingerprint density at radius 2 is 1.57 bits per heavy atom. The van der Waals surface area contributed by atoms with Crippen LogP contribution >= 0.6 is 23.2 Å². The molecule has 0 radical (unpaired) electrons. The first-order chi connectivity index (χ1) is 10.9. The van der Waals surface area contributed by atoms with Gasteiger partial charge in [0.25, 0.3) is 0 Å². The van der Waals surface area contributed by atoms with E-state index in [4.69, 9.17) is 23.2 Å². The van der Waals surface area contributed by atoms with Crippen LogP contribution < -0.4 is 16.0 Å². The van der Waals surface area contributed by atoms with Crippen molar-refractivity contribution in [3.05, 3.63) is 52.5 Å². The molecule has 0 aliphatic carbocycles. The van der Waals surface area contributed by atoms with E-state index in [0.29, 0.717) is 27.1 Å². The molecular weight excluding hydrogens is 337 g/mol. The van der Waals surface area contributed by atoms with E-state index in [-0.39, 0.29) is 18.4 Å². The molecule has 2 amide bonds. The third kappa shape index (κ3) is 5.47. The summed E-state index contributed by atoms with van der Waals surface area (Å²) in [6.45, 7) is 1.48. The average Bonchev–Trinajstić information content (AvgIpc) is 2.50. The maximum Gasteiger partial charge on any atom is 0.243 e. The number of rotatable bonds is 5. The van der Waals surface area contributed by atoms with Crippen molar-refractivity contribution in [3.8, 4) is 0 Å². The monoisotopic (exact) mass is 351 g/mol. The molecular formula is C16H15Cl2N3O2. The van der Waals surface area contributed by atoms with Crippen molar-refractivity contribution in [2.45, 2.75) is 6.92 Å². The quantitative estimate of drug-likeness (QED) is 0.762. The van der Waals surface area contributed by atoms with Crippen LogP contribution in [-0.4, -0.2) is 18.4 Å². The van der Waals surface area contributed by atoms with Crippen LogP contribution in [0.4, 0.5) is 17.1 Å². The van der Waals surface area contributed by atoms with Gasteiger partial charge in [-0.15, -0.1) is 0 Å². The second-order valence-electron chi connectivity index (χ2n) is 4.78. The molecule has 23 heavy (non-hydrogen) atoms. The van der Waals surface area contributed by atoms with Gasteiger partial charge < -0.3 is 16.0 Å². The number of amides is 2. The molecule has 2 rings (SSSR count). The minimum atomic E-state index is -0.228. The van der Waals surface area contributed by atoms with Crippen LogP contribution in [0.25, 0.3) is 0 Å². The van der Waals surface area contributed by atoms with Gasteiger partial charge in [-0.1, -0.05) is 23.2 Å². The zero-order valence-corrected chi connectivity index (χ0v) is 13.8. The van der Waals surface area contributed by atoms with E-state index in [1.165, 1.54) is 6.92 Å². The number of carbonyl (C=O) groups is 2. The van der Waals surface area contributed by atoms with Crippen molar-refractivity contribution in [2.24, 2.45) is 0 Å². The van der Waals surface area contributed by atoms with Gasteiger partial charge in [-0.05, 0) is 42.5 Å². The molecule has 0 saturated carbocycles. The highest BCUT2D eigenvalue weighted by Crippen LogP contribution is 2.25. The van der Waals surface area contributed by atoms with Crippen molar-refractivity contribution in [1.82, 2.24) is 0 Å². The Labute approximate surface area is 144 Å². The lowest BCUT2D eigenvalue weighted by Gasteiger charge is -2.10. The molecule has 0 heterocycles. The second-order valence-corrected chi connectivity index (χ2v) is 5.63. The van der Waals surface area contributed by atoms with Crippen molar-refractivity contribution in [3.63, 3.8) is 0 Å². The Morgan fingerprint density at radius 1 is 0.957 bits per heavy atom. The molecule has 0 bridgehead atoms. The van der Waals surface area contributed by atoms with E-state index < -0.39 is 0 Å². The number of hydrogen-bond acceptors (Lipinski definition) is 3. The Hall–Kier alpha value is -2.24. The smallest absolute Gasteiger partial charge is 0.243 e. The third-order valence-corrected chi connectivity index (χ3v) is 3.42. The van der Waals surface area contributed by atoms with Gasteiger partial charge >= 0.3 is 0 Å². The zero-order valence-electron chi connectivity index (χ0n) is 12.3. The summed E-state index contributed by atoms with van der Waals surface area (Å²) in [5.74, 6) is -0.377. The van der Waals surface area contributed by atoms with Gasteiger partial charge in [-0.25, -0.2) is 0 Å². The van der Waals surface area contributed by atoms with Crippen LogP contribution in [0.3, 0.4) is 0 Å². The van der Waals surface area contributed by atoms with Crippen LogP contribution in [0.15, 0.2) is 42.5 Å². The fourth-order valence-electron chi connectivity index (χ4n) is 1.85. The van der Waals surface area contributed by atoms with E-state index in [2.05, 4.69) is 16.0 Å². The molecule has 0 spiro atoms. The summed E-state index contributed by atoms with van der Waals surface area (Å²) in [4.78, 5) is 22.9. The first-order valence-corrected chi connectivity index (χ1v) is 7.56. The maximum absolute atomic E-state index is 11.9. The fraction of sp³-hybridized carbons (Fsp3) is 0.125. The van der Waals surface area contributed by atoms with Gasteiger partial charge in [0.15, 0.2) is 0 Å². The fourth-order valence-corrected chi connectivity index (χ4v) is 2.21. The molecule has 2 aromatic carbocycles. The van der Waals surface area contributed by atoms with Crippen LogP contribution in [-0.2, 0) is 9.59 Å². The number of hydrogen-bond donors (Lipinski definition) is 3. The second kappa shape index (κ2) is 7.85. The highest BCUT2D eigenvalue weighted by Gasteiger charge is 2.05. The predicted octanol–water partition coefficient (Wildman–Crippen LogP) is 4.00. The summed E-state index contributed by atoms with van der Waals surface area (Å²) in [5.41, 5.74) is 1.89. The summed E-state index contributed by atoms with van der Waals surface area (Å²) in [6.07, 6.45) is 0. The Morgan fingerprint density at radius 3 is 2.17 bits per heavy atom. The lowest BCUT2D eigenvalue weighted by atomic mass is 10.2. The van der Waals surface area contributed by atoms with Crippen LogP contribution in [0.5, 0.6) is 0 Å². The van der Waals surface area contributed by atoms with E-state index in [9.17, 15) is 9.59 Å². The Bertz CT molecular complexity index is 718. The summed E-state index contributed by atoms with van der Waals surface area (Å²) in [7, 11) is 0. The Kier molecular flexibility index (Phi) is 5.84. The lowest BCUT2D eigenvalue weighted by Crippen LogP contribution is -2.21. The number of benzene rings is 2. The molecule has 0 aromatic heterocycles. The van der Waals surface area contributed by atoms with E-state index in [1.54, 1.807) is 42.5 Å². The summed E-state index contributed by atoms with van der Waals surface area (Å²) in [6, 6.07) is 11.8. The molecule has 7 heteroatoms. The van der Waals surface area contributed by atoms with E-state index >= 15 is 0 Å². The van der Waals surface area contributed by atoms with E-state index in [1.807, 2.05) is 0 Å². The molecule has 0 unspecified atom stereocenters. The maximum atomic E-state index is 11.9. The van der Waals surface area contributed by atoms with Crippen LogP contribution in [0, 0.1) is 0 Å². The molecule has 2 aromatic rings. The van der Waals surface area contributed by atoms with Crippen LogP contribution in [0.1, 0.15) is 6.92 Å². The minimum Gasteiger partial charge on any atom is -0.375 e. The average molecular weight is 352 g/mol. The van der Waals surface area contributed by atoms with Gasteiger partial charge in [0.2, 0.25) is 11.8 Å². The molecule has 5 nitrogen and oxygen atoms in total. The van der Waals surface area contributed by atoms with Crippen molar-refractivity contribution in [2.75, 3.05) is 22.5 Å². The standard InChI is InChI=1S/C16H15Cl2N3O2/c1-10(22)20-12-3-5-13(6-4-12)21-16(23)9-19-15-8-11(17)2-7-14(15)18/h2-8,19H,9H2,1H3,(H,20,22)(H,21,23). The van der Waals surface area contributed by atoms with Gasteiger partial charge in [0, 0.05) is 23.3 Å². The van der Waals surface area contributed by atoms with Crippen molar-refractivity contribution >= 4 is 52.1 Å². The number of anilines is 3. The first-order valence-electron chi connectivity index (χ1n) is 6.80. The normalized spacial score (nSPS) is 10.0. The minimum absolute atomic E-state index is 0.0491. The lowest BCUT2D eigenvalue weighted by molar-refractivity contribution is -0.115. The summed E-state index contributed by atoms with van der Waals surface area (Å²) in [5, 5.41) is 9.34. The van der Waals surface area contributed by atoms with E-state index in [0.717, 1.165) is 0 Å². The highest BCUT2D eigenvalue weighted by molar-refractivity contribution is 6.35. The van der Waals surface area contributed by atoms with Gasteiger partial charge in [-0.2, -0.15) is 0 Å². The third-order valence-electron chi connectivity index (χ3n) is 2.86. The highest BCUT2D eigenvalue weighted by atomic mass is 35.5. The Balaban J connectivity index is 1.89. The topological polar surface area (TPSA) is 70.2 Å². The molecule has 0 fully saturated rings. The summed E-state index contributed by atoms with van der Waals surface area (Å²) < 4.78 is 0. The molecule has 3 N–H and O–H groups in total. The molecule has 120 valence electrons. The van der Waals surface area contributed by atoms with Gasteiger partial charge in [-0.3, -0.25) is 9.59 Å². The number of halogens is 2. The number of carbonyl (C=O) groups excluding carboxylic acids is 2. The first kappa shape index (κ1) is 17.1. The summed E-state index contributed by atoms with van der Waals surface area (Å²) >= 11 is 11.9. The molecule has 0 atom stereocenters. The van der Waals surface area contributed by atoms with Crippen LogP contribution in [0.2, 0.25) is 10.0 Å².